The van der Waals surface area contributed by atoms with Crippen molar-refractivity contribution >= 4 is 46.6 Å². The molecule has 7 heteroatoms. The highest BCUT2D eigenvalue weighted by molar-refractivity contribution is 6.37. The van der Waals surface area contributed by atoms with Crippen molar-refractivity contribution in [3.8, 4) is 0 Å². The second-order valence-corrected chi connectivity index (χ2v) is 7.21. The summed E-state index contributed by atoms with van der Waals surface area (Å²) < 4.78 is 4.78. The predicted molar refractivity (Wildman–Crippen MR) is 124 cm³/mol. The van der Waals surface area contributed by atoms with Crippen LogP contribution in [0.2, 0.25) is 0 Å². The van der Waals surface area contributed by atoms with Crippen LogP contribution in [0.4, 0.5) is 17.1 Å². The number of ether oxygens (including phenoxy) is 1. The zero-order chi connectivity index (χ0) is 22.7. The fourth-order valence-corrected chi connectivity index (χ4v) is 3.53. The first-order valence-electron chi connectivity index (χ1n) is 9.91. The summed E-state index contributed by atoms with van der Waals surface area (Å²) in [5.41, 5.74) is 5.03. The van der Waals surface area contributed by atoms with Crippen LogP contribution in [0.5, 0.6) is 0 Å². The largest absolute Gasteiger partial charge is 0.465 e. The number of rotatable bonds is 6. The monoisotopic (exact) mass is 427 g/mol. The van der Waals surface area contributed by atoms with Gasteiger partial charge < -0.3 is 20.3 Å². The minimum absolute atomic E-state index is 0.273. The van der Waals surface area contributed by atoms with Gasteiger partial charge in [-0.1, -0.05) is 36.4 Å². The lowest BCUT2D eigenvalue weighted by Crippen LogP contribution is -2.13. The first-order valence-corrected chi connectivity index (χ1v) is 9.91. The summed E-state index contributed by atoms with van der Waals surface area (Å²) in [5, 5.41) is 6.21. The van der Waals surface area contributed by atoms with E-state index in [0.717, 1.165) is 23.3 Å². The lowest BCUT2D eigenvalue weighted by atomic mass is 9.99. The van der Waals surface area contributed by atoms with Crippen LogP contribution < -0.4 is 15.5 Å². The summed E-state index contributed by atoms with van der Waals surface area (Å²) in [6.45, 7) is 0. The Bertz CT molecular complexity index is 1220. The molecule has 1 aliphatic heterocycles. The first-order chi connectivity index (χ1) is 15.5. The van der Waals surface area contributed by atoms with Crippen LogP contribution >= 0.6 is 0 Å². The number of carbonyl (C=O) groups is 3. The molecule has 0 radical (unpaired) electrons. The number of esters is 1. The van der Waals surface area contributed by atoms with Gasteiger partial charge in [-0.05, 0) is 42.0 Å². The quantitative estimate of drug-likeness (QED) is 0.353. The molecule has 0 aromatic heterocycles. The Kier molecular flexibility index (Phi) is 5.72. The maximum atomic E-state index is 13.0. The molecule has 1 heterocycles. The van der Waals surface area contributed by atoms with E-state index in [1.807, 2.05) is 54.6 Å². The molecule has 2 N–H and O–H groups in total. The number of fused-ring (bicyclic) bond motifs is 1. The molecule has 0 saturated heterocycles. The van der Waals surface area contributed by atoms with Gasteiger partial charge >= 0.3 is 5.97 Å². The molecule has 0 unspecified atom stereocenters. The van der Waals surface area contributed by atoms with Crippen molar-refractivity contribution in [2.45, 2.75) is 0 Å². The number of anilines is 3. The SMILES string of the molecule is COC(=O)c1ccc2c(c1)NC(=O)/C2=C(\Nc1ccc(N(C)C=O)cc1)c1ccccc1. The van der Waals surface area contributed by atoms with E-state index < -0.39 is 5.97 Å². The Hall–Kier alpha value is -4.39. The number of nitrogens with zero attached hydrogens (tertiary/aromatic N) is 1. The highest BCUT2D eigenvalue weighted by Crippen LogP contribution is 2.38. The summed E-state index contributed by atoms with van der Waals surface area (Å²) in [6.07, 6.45) is 0.738. The molecule has 32 heavy (non-hydrogen) atoms. The van der Waals surface area contributed by atoms with Gasteiger partial charge in [0.25, 0.3) is 5.91 Å². The van der Waals surface area contributed by atoms with E-state index in [4.69, 9.17) is 4.74 Å². The molecular weight excluding hydrogens is 406 g/mol. The first kappa shape index (κ1) is 20.9. The second kappa shape index (κ2) is 8.77. The van der Waals surface area contributed by atoms with E-state index >= 15 is 0 Å². The second-order valence-electron chi connectivity index (χ2n) is 7.21. The number of benzene rings is 3. The standard InChI is InChI=1S/C25H21N3O4/c1-28(15-29)19-11-9-18(10-12-19)26-23(16-6-4-3-5-7-16)22-20-13-8-17(25(31)32-2)14-21(20)27-24(22)30/h3-15,26H,1-2H3,(H,27,30)/b23-22-. The Morgan fingerprint density at radius 1 is 1.00 bits per heavy atom. The van der Waals surface area contributed by atoms with E-state index in [1.165, 1.54) is 12.0 Å². The van der Waals surface area contributed by atoms with Gasteiger partial charge in [0.2, 0.25) is 6.41 Å². The van der Waals surface area contributed by atoms with Crippen molar-refractivity contribution in [3.05, 3.63) is 89.5 Å². The maximum Gasteiger partial charge on any atom is 0.337 e. The van der Waals surface area contributed by atoms with Gasteiger partial charge in [0, 0.05) is 24.0 Å². The molecule has 1 aliphatic rings. The highest BCUT2D eigenvalue weighted by Gasteiger charge is 2.29. The molecule has 0 saturated carbocycles. The highest BCUT2D eigenvalue weighted by atomic mass is 16.5. The van der Waals surface area contributed by atoms with Gasteiger partial charge in [-0.3, -0.25) is 9.59 Å². The van der Waals surface area contributed by atoms with Crippen molar-refractivity contribution in [1.29, 1.82) is 0 Å². The van der Waals surface area contributed by atoms with Crippen LogP contribution in [0.15, 0.2) is 72.8 Å². The fraction of sp³-hybridized carbons (Fsp3) is 0.0800. The number of hydrogen-bond acceptors (Lipinski definition) is 5. The Morgan fingerprint density at radius 3 is 2.38 bits per heavy atom. The number of amides is 2. The van der Waals surface area contributed by atoms with Crippen molar-refractivity contribution in [2.75, 3.05) is 29.7 Å². The van der Waals surface area contributed by atoms with Gasteiger partial charge in [-0.25, -0.2) is 4.79 Å². The van der Waals surface area contributed by atoms with Crippen LogP contribution in [0.25, 0.3) is 11.3 Å². The molecule has 0 aliphatic carbocycles. The van der Waals surface area contributed by atoms with Gasteiger partial charge in [0.15, 0.2) is 0 Å². The zero-order valence-electron chi connectivity index (χ0n) is 17.6. The molecule has 2 amide bonds. The summed E-state index contributed by atoms with van der Waals surface area (Å²) in [7, 11) is 2.99. The summed E-state index contributed by atoms with van der Waals surface area (Å²) in [5.74, 6) is -0.744. The van der Waals surface area contributed by atoms with Crippen LogP contribution in [0, 0.1) is 0 Å². The van der Waals surface area contributed by atoms with Gasteiger partial charge in [-0.2, -0.15) is 0 Å². The fourth-order valence-electron chi connectivity index (χ4n) is 3.53. The molecule has 0 spiro atoms. The number of methoxy groups -OCH3 is 1. The van der Waals surface area contributed by atoms with Crippen molar-refractivity contribution in [1.82, 2.24) is 0 Å². The average Bonchev–Trinajstić information content (AvgIpc) is 3.17. The Morgan fingerprint density at radius 2 is 1.72 bits per heavy atom. The smallest absolute Gasteiger partial charge is 0.337 e. The van der Waals surface area contributed by atoms with Gasteiger partial charge in [-0.15, -0.1) is 0 Å². The van der Waals surface area contributed by atoms with Crippen molar-refractivity contribution in [3.63, 3.8) is 0 Å². The van der Waals surface area contributed by atoms with E-state index in [-0.39, 0.29) is 5.91 Å². The predicted octanol–water partition coefficient (Wildman–Crippen LogP) is 4.00. The Labute approximate surface area is 185 Å². The number of hydrogen-bond donors (Lipinski definition) is 2. The summed E-state index contributed by atoms with van der Waals surface area (Å²) in [6, 6.07) is 21.8. The molecular formula is C25H21N3O4. The molecule has 3 aromatic rings. The van der Waals surface area contributed by atoms with E-state index in [2.05, 4.69) is 10.6 Å². The van der Waals surface area contributed by atoms with Crippen LogP contribution in [-0.4, -0.2) is 32.4 Å². The molecule has 7 nitrogen and oxygen atoms in total. The van der Waals surface area contributed by atoms with Crippen molar-refractivity contribution in [2.24, 2.45) is 0 Å². The summed E-state index contributed by atoms with van der Waals surface area (Å²) >= 11 is 0. The van der Waals surface area contributed by atoms with E-state index in [0.29, 0.717) is 28.1 Å². The maximum absolute atomic E-state index is 13.0. The molecule has 160 valence electrons. The van der Waals surface area contributed by atoms with E-state index in [9.17, 15) is 14.4 Å². The summed E-state index contributed by atoms with van der Waals surface area (Å²) in [4.78, 5) is 37.4. The lowest BCUT2D eigenvalue weighted by molar-refractivity contribution is -0.111. The average molecular weight is 427 g/mol. The third-order valence-corrected chi connectivity index (χ3v) is 5.20. The number of carbonyl (C=O) groups excluding carboxylic acids is 3. The van der Waals surface area contributed by atoms with Gasteiger partial charge in [0.1, 0.15) is 0 Å². The van der Waals surface area contributed by atoms with Crippen molar-refractivity contribution < 1.29 is 19.1 Å². The van der Waals surface area contributed by atoms with Crippen LogP contribution in [0.3, 0.4) is 0 Å². The molecule has 0 bridgehead atoms. The van der Waals surface area contributed by atoms with Gasteiger partial charge in [0.05, 0.1) is 29.6 Å². The third kappa shape index (κ3) is 3.96. The molecule has 3 aromatic carbocycles. The zero-order valence-corrected chi connectivity index (χ0v) is 17.6. The topological polar surface area (TPSA) is 87.7 Å². The minimum atomic E-state index is -0.471. The van der Waals surface area contributed by atoms with Crippen LogP contribution in [0.1, 0.15) is 21.5 Å². The third-order valence-electron chi connectivity index (χ3n) is 5.20. The normalized spacial score (nSPS) is 13.6. The minimum Gasteiger partial charge on any atom is -0.465 e. The molecule has 4 rings (SSSR count). The van der Waals surface area contributed by atoms with E-state index in [1.54, 1.807) is 25.2 Å². The molecule has 0 fully saturated rings. The molecule has 0 atom stereocenters. The number of nitrogens with one attached hydrogen (secondary N) is 2. The lowest BCUT2D eigenvalue weighted by Gasteiger charge is -2.16. The Balaban J connectivity index is 1.80. The van der Waals surface area contributed by atoms with Crippen LogP contribution in [-0.2, 0) is 14.3 Å².